The van der Waals surface area contributed by atoms with E-state index < -0.39 is 6.10 Å². The number of hydrogen-bond acceptors (Lipinski definition) is 3. The van der Waals surface area contributed by atoms with E-state index in [-0.39, 0.29) is 0 Å². The van der Waals surface area contributed by atoms with E-state index in [0.717, 1.165) is 19.6 Å². The summed E-state index contributed by atoms with van der Waals surface area (Å²) in [4.78, 5) is 1.13. The normalized spacial score (nSPS) is 13.0. The number of benzene rings is 1. The van der Waals surface area contributed by atoms with Gasteiger partial charge in [0.05, 0.1) is 3.79 Å². The molecule has 0 amide bonds. The van der Waals surface area contributed by atoms with Gasteiger partial charge < -0.3 is 9.52 Å². The van der Waals surface area contributed by atoms with Crippen LogP contribution in [0.1, 0.15) is 16.7 Å². The average Bonchev–Trinajstić information content (AvgIpc) is 2.95. The molecule has 3 rings (SSSR count). The number of aliphatic hydroxyl groups is 1. The third-order valence-corrected chi connectivity index (χ3v) is 4.44. The van der Waals surface area contributed by atoms with Crippen molar-refractivity contribution in [2.24, 2.45) is 0 Å². The van der Waals surface area contributed by atoms with Crippen LogP contribution in [-0.2, 0) is 6.42 Å². The van der Waals surface area contributed by atoms with Gasteiger partial charge >= 0.3 is 0 Å². The van der Waals surface area contributed by atoms with Crippen LogP contribution >= 0.6 is 27.3 Å². The molecule has 1 aromatic carbocycles. The van der Waals surface area contributed by atoms with Crippen LogP contribution in [0.4, 0.5) is 0 Å². The van der Waals surface area contributed by atoms with Crippen LogP contribution in [0, 0.1) is 0 Å². The van der Waals surface area contributed by atoms with Crippen LogP contribution in [-0.4, -0.2) is 5.11 Å². The van der Waals surface area contributed by atoms with Gasteiger partial charge in [-0.3, -0.25) is 0 Å². The number of furan rings is 1. The molecule has 1 atom stereocenters. The lowest BCUT2D eigenvalue weighted by atomic mass is 10.1. The summed E-state index contributed by atoms with van der Waals surface area (Å²) in [5.74, 6) is 0.626. The minimum absolute atomic E-state index is 0.579. The summed E-state index contributed by atoms with van der Waals surface area (Å²) in [6.45, 7) is 0. The predicted octanol–water partition coefficient (Wildman–Crippen LogP) is 4.53. The first-order chi connectivity index (χ1) is 8.72. The molecular formula is C14H11BrO2S. The van der Waals surface area contributed by atoms with Crippen LogP contribution in [0.15, 0.2) is 50.7 Å². The Balaban J connectivity index is 1.85. The second kappa shape index (κ2) is 4.88. The van der Waals surface area contributed by atoms with Crippen molar-refractivity contribution in [1.82, 2.24) is 0 Å². The second-order valence-electron chi connectivity index (χ2n) is 4.11. The molecule has 0 saturated carbocycles. The lowest BCUT2D eigenvalue weighted by molar-refractivity contribution is 0.153. The lowest BCUT2D eigenvalue weighted by Crippen LogP contribution is -1.98. The summed E-state index contributed by atoms with van der Waals surface area (Å²) in [6, 6.07) is 13.7. The maximum atomic E-state index is 10.2. The minimum atomic E-state index is -0.594. The van der Waals surface area contributed by atoms with Crippen LogP contribution in [0.2, 0.25) is 0 Å². The van der Waals surface area contributed by atoms with Gasteiger partial charge in [0.1, 0.15) is 17.4 Å². The molecule has 1 unspecified atom stereocenters. The molecular weight excluding hydrogens is 312 g/mol. The Morgan fingerprint density at radius 2 is 2.06 bits per heavy atom. The highest BCUT2D eigenvalue weighted by atomic mass is 79.9. The van der Waals surface area contributed by atoms with Gasteiger partial charge in [-0.25, -0.2) is 0 Å². The van der Waals surface area contributed by atoms with Crippen LogP contribution in [0.5, 0.6) is 0 Å². The van der Waals surface area contributed by atoms with E-state index in [1.54, 1.807) is 11.3 Å². The van der Waals surface area contributed by atoms with Gasteiger partial charge in [0.25, 0.3) is 0 Å². The van der Waals surface area contributed by atoms with Crippen LogP contribution in [0.3, 0.4) is 0 Å². The largest absolute Gasteiger partial charge is 0.458 e. The Kier molecular flexibility index (Phi) is 3.24. The smallest absolute Gasteiger partial charge is 0.134 e. The first kappa shape index (κ1) is 12.0. The molecule has 18 heavy (non-hydrogen) atoms. The van der Waals surface area contributed by atoms with E-state index in [1.807, 2.05) is 42.5 Å². The number of halogens is 1. The van der Waals surface area contributed by atoms with Gasteiger partial charge in [0, 0.05) is 16.7 Å². The number of fused-ring (bicyclic) bond motifs is 1. The predicted molar refractivity (Wildman–Crippen MR) is 76.9 cm³/mol. The van der Waals surface area contributed by atoms with Crippen molar-refractivity contribution < 1.29 is 9.52 Å². The Labute approximate surface area is 117 Å². The Hall–Kier alpha value is -1.10. The summed E-state index contributed by atoms with van der Waals surface area (Å²) in [7, 11) is 0. The van der Waals surface area contributed by atoms with Crippen molar-refractivity contribution in [3.63, 3.8) is 0 Å². The number of rotatable bonds is 3. The van der Waals surface area contributed by atoms with Gasteiger partial charge in [-0.05, 0) is 40.2 Å². The summed E-state index contributed by atoms with van der Waals surface area (Å²) in [6.07, 6.45) is -0.0150. The van der Waals surface area contributed by atoms with Crippen molar-refractivity contribution in [2.45, 2.75) is 12.5 Å². The van der Waals surface area contributed by atoms with Gasteiger partial charge in [-0.2, -0.15) is 0 Å². The summed E-state index contributed by atoms with van der Waals surface area (Å²) < 4.78 is 6.73. The molecule has 92 valence electrons. The third-order valence-electron chi connectivity index (χ3n) is 2.80. The van der Waals surface area contributed by atoms with Crippen LogP contribution < -0.4 is 0 Å². The van der Waals surface area contributed by atoms with Gasteiger partial charge in [0.2, 0.25) is 0 Å². The topological polar surface area (TPSA) is 33.4 Å². The fourth-order valence-electron chi connectivity index (χ4n) is 1.92. The van der Waals surface area contributed by atoms with E-state index in [9.17, 15) is 5.11 Å². The molecule has 0 fully saturated rings. The molecule has 0 radical (unpaired) electrons. The van der Waals surface area contributed by atoms with Gasteiger partial charge in [0.15, 0.2) is 0 Å². The average molecular weight is 323 g/mol. The summed E-state index contributed by atoms with van der Waals surface area (Å²) in [5, 5.41) is 11.2. The third kappa shape index (κ3) is 2.36. The zero-order valence-corrected chi connectivity index (χ0v) is 11.9. The Bertz CT molecular complexity index is 638. The SMILES string of the molecule is OC(Cc1ccc(Br)s1)c1cc2ccccc2o1. The molecule has 0 bridgehead atoms. The molecule has 0 aliphatic rings. The highest BCUT2D eigenvalue weighted by Crippen LogP contribution is 2.29. The molecule has 0 aliphatic carbocycles. The van der Waals surface area contributed by atoms with Crippen molar-refractivity contribution in [1.29, 1.82) is 0 Å². The zero-order valence-electron chi connectivity index (χ0n) is 9.47. The standard InChI is InChI=1S/C14H11BrO2S/c15-14-6-5-10(18-14)8-11(16)13-7-9-3-1-2-4-12(9)17-13/h1-7,11,16H,8H2. The lowest BCUT2D eigenvalue weighted by Gasteiger charge is -2.04. The molecule has 0 spiro atoms. The number of hydrogen-bond donors (Lipinski definition) is 1. The van der Waals surface area contributed by atoms with Crippen LogP contribution in [0.25, 0.3) is 11.0 Å². The van der Waals surface area contributed by atoms with Crippen molar-refractivity contribution in [3.8, 4) is 0 Å². The maximum Gasteiger partial charge on any atom is 0.134 e. The number of thiophene rings is 1. The number of para-hydroxylation sites is 1. The first-order valence-electron chi connectivity index (χ1n) is 5.63. The second-order valence-corrected chi connectivity index (χ2v) is 6.66. The first-order valence-corrected chi connectivity index (χ1v) is 7.24. The molecule has 2 aromatic heterocycles. The fourth-order valence-corrected chi connectivity index (χ4v) is 3.44. The monoisotopic (exact) mass is 322 g/mol. The van der Waals surface area contributed by atoms with Crippen molar-refractivity contribution >= 4 is 38.2 Å². The molecule has 1 N–H and O–H groups in total. The Morgan fingerprint density at radius 3 is 2.78 bits per heavy atom. The summed E-state index contributed by atoms with van der Waals surface area (Å²) in [5.41, 5.74) is 0.818. The van der Waals surface area contributed by atoms with E-state index in [1.165, 1.54) is 0 Å². The highest BCUT2D eigenvalue weighted by Gasteiger charge is 2.14. The molecule has 0 saturated heterocycles. The van der Waals surface area contributed by atoms with Crippen molar-refractivity contribution in [3.05, 3.63) is 56.9 Å². The minimum Gasteiger partial charge on any atom is -0.458 e. The van der Waals surface area contributed by atoms with Gasteiger partial charge in [-0.1, -0.05) is 18.2 Å². The van der Waals surface area contributed by atoms with Gasteiger partial charge in [-0.15, -0.1) is 11.3 Å². The number of aliphatic hydroxyl groups excluding tert-OH is 1. The van der Waals surface area contributed by atoms with E-state index in [0.29, 0.717) is 12.2 Å². The molecule has 4 heteroatoms. The zero-order chi connectivity index (χ0) is 12.5. The van der Waals surface area contributed by atoms with E-state index >= 15 is 0 Å². The molecule has 2 heterocycles. The maximum absolute atomic E-state index is 10.2. The summed E-state index contributed by atoms with van der Waals surface area (Å²) >= 11 is 5.05. The van der Waals surface area contributed by atoms with E-state index in [2.05, 4.69) is 15.9 Å². The molecule has 0 aliphatic heterocycles. The molecule has 2 nitrogen and oxygen atoms in total. The highest BCUT2D eigenvalue weighted by molar-refractivity contribution is 9.11. The van der Waals surface area contributed by atoms with E-state index in [4.69, 9.17) is 4.42 Å². The fraction of sp³-hybridized carbons (Fsp3) is 0.143. The molecule has 3 aromatic rings. The van der Waals surface area contributed by atoms with Crippen molar-refractivity contribution in [2.75, 3.05) is 0 Å². The Morgan fingerprint density at radius 1 is 1.22 bits per heavy atom. The quantitative estimate of drug-likeness (QED) is 0.768.